The Morgan fingerprint density at radius 2 is 2.10 bits per heavy atom. The van der Waals surface area contributed by atoms with Gasteiger partial charge in [0.25, 0.3) is 0 Å². The molecule has 0 fully saturated rings. The van der Waals surface area contributed by atoms with E-state index in [1.165, 1.54) is 12.1 Å². The third-order valence-corrected chi connectivity index (χ3v) is 3.21. The monoisotopic (exact) mass is 322 g/mol. The van der Waals surface area contributed by atoms with E-state index in [1.54, 1.807) is 13.0 Å². The molecule has 20 heavy (non-hydrogen) atoms. The number of halogens is 3. The summed E-state index contributed by atoms with van der Waals surface area (Å²) in [5.74, 6) is -0.466. The first-order valence-electron chi connectivity index (χ1n) is 6.20. The molecule has 0 aliphatic heterocycles. The zero-order chi connectivity index (χ0) is 14.6. The molecule has 0 aliphatic carbocycles. The molecule has 0 saturated heterocycles. The fourth-order valence-electron chi connectivity index (χ4n) is 1.82. The third-order valence-electron chi connectivity index (χ3n) is 2.90. The van der Waals surface area contributed by atoms with E-state index in [2.05, 4.69) is 5.32 Å². The Morgan fingerprint density at radius 3 is 2.60 bits per heavy atom. The molecule has 1 aromatic rings. The molecule has 1 rings (SSSR count). The van der Waals surface area contributed by atoms with Gasteiger partial charge in [-0.2, -0.15) is 0 Å². The van der Waals surface area contributed by atoms with Crippen molar-refractivity contribution in [2.24, 2.45) is 5.73 Å². The fourth-order valence-corrected chi connectivity index (χ4v) is 2.24. The van der Waals surface area contributed by atoms with E-state index in [0.29, 0.717) is 11.6 Å². The van der Waals surface area contributed by atoms with Gasteiger partial charge in [-0.05, 0) is 24.6 Å². The lowest BCUT2D eigenvalue weighted by Gasteiger charge is -2.27. The Labute approximate surface area is 130 Å². The summed E-state index contributed by atoms with van der Waals surface area (Å²) in [7, 11) is 0. The highest BCUT2D eigenvalue weighted by molar-refractivity contribution is 6.31. The molecule has 1 atom stereocenters. The average molecular weight is 323 g/mol. The van der Waals surface area contributed by atoms with Crippen molar-refractivity contribution in [2.75, 3.05) is 6.54 Å². The van der Waals surface area contributed by atoms with Gasteiger partial charge in [-0.1, -0.05) is 31.5 Å². The lowest BCUT2D eigenvalue weighted by atomic mass is 9.84. The molecular formula is C14H21Cl2FN2O. The Hall–Kier alpha value is -0.840. The number of rotatable bonds is 5. The Balaban J connectivity index is 0.00000361. The quantitative estimate of drug-likeness (QED) is 0.875. The highest BCUT2D eigenvalue weighted by atomic mass is 35.5. The van der Waals surface area contributed by atoms with Gasteiger partial charge in [0.2, 0.25) is 5.91 Å². The van der Waals surface area contributed by atoms with Gasteiger partial charge in [-0.25, -0.2) is 4.39 Å². The maximum atomic E-state index is 13.0. The van der Waals surface area contributed by atoms with Crippen LogP contribution in [0.25, 0.3) is 0 Å². The van der Waals surface area contributed by atoms with Crippen LogP contribution in [0.2, 0.25) is 5.02 Å². The van der Waals surface area contributed by atoms with Gasteiger partial charge in [0.1, 0.15) is 5.82 Å². The lowest BCUT2D eigenvalue weighted by Crippen LogP contribution is -2.38. The number of nitrogens with two attached hydrogens (primary N) is 1. The summed E-state index contributed by atoms with van der Waals surface area (Å²) in [6.07, 6.45) is 0.285. The van der Waals surface area contributed by atoms with Crippen molar-refractivity contribution in [1.29, 1.82) is 0 Å². The van der Waals surface area contributed by atoms with Crippen molar-refractivity contribution in [1.82, 2.24) is 5.32 Å². The van der Waals surface area contributed by atoms with Crippen LogP contribution in [0.5, 0.6) is 0 Å². The number of amides is 1. The van der Waals surface area contributed by atoms with E-state index >= 15 is 0 Å². The van der Waals surface area contributed by atoms with E-state index in [-0.39, 0.29) is 42.0 Å². The molecule has 1 amide bonds. The van der Waals surface area contributed by atoms with Gasteiger partial charge in [0.15, 0.2) is 0 Å². The largest absolute Gasteiger partial charge is 0.355 e. The zero-order valence-corrected chi connectivity index (χ0v) is 13.4. The molecule has 0 radical (unpaired) electrons. The Kier molecular flexibility index (Phi) is 7.49. The minimum absolute atomic E-state index is 0. The van der Waals surface area contributed by atoms with Crippen molar-refractivity contribution >= 4 is 29.9 Å². The van der Waals surface area contributed by atoms with Gasteiger partial charge in [-0.15, -0.1) is 12.4 Å². The molecule has 1 unspecified atom stereocenters. The molecule has 0 heterocycles. The molecule has 3 nitrogen and oxygen atoms in total. The van der Waals surface area contributed by atoms with Gasteiger partial charge in [0.05, 0.1) is 0 Å². The molecule has 0 aliphatic rings. The van der Waals surface area contributed by atoms with Crippen LogP contribution < -0.4 is 11.1 Å². The molecule has 0 saturated carbocycles. The van der Waals surface area contributed by atoms with E-state index in [4.69, 9.17) is 17.3 Å². The van der Waals surface area contributed by atoms with Crippen LogP contribution in [0, 0.1) is 5.82 Å². The average Bonchev–Trinajstić information content (AvgIpc) is 2.25. The molecule has 6 heteroatoms. The summed E-state index contributed by atoms with van der Waals surface area (Å²) in [4.78, 5) is 11.6. The van der Waals surface area contributed by atoms with Crippen LogP contribution >= 0.6 is 24.0 Å². The van der Waals surface area contributed by atoms with Crippen molar-refractivity contribution in [3.63, 3.8) is 0 Å². The Bertz CT molecular complexity index is 464. The predicted molar refractivity (Wildman–Crippen MR) is 83.0 cm³/mol. The minimum atomic E-state index is -0.377. The standard InChI is InChI=1S/C14H20ClFN2O.ClH/c1-9(17)6-13(19)18-8-14(2,3)11-5-4-10(16)7-12(11)15;/h4-5,7,9H,6,8,17H2,1-3H3,(H,18,19);1H. The summed E-state index contributed by atoms with van der Waals surface area (Å²) >= 11 is 6.04. The number of carbonyl (C=O) groups is 1. The predicted octanol–water partition coefficient (Wildman–Crippen LogP) is 3.03. The smallest absolute Gasteiger partial charge is 0.221 e. The first-order valence-corrected chi connectivity index (χ1v) is 6.58. The Morgan fingerprint density at radius 1 is 1.50 bits per heavy atom. The normalized spacial score (nSPS) is 12.5. The van der Waals surface area contributed by atoms with Gasteiger partial charge in [0, 0.05) is 29.4 Å². The van der Waals surface area contributed by atoms with Crippen molar-refractivity contribution in [3.05, 3.63) is 34.6 Å². The van der Waals surface area contributed by atoms with Gasteiger partial charge < -0.3 is 11.1 Å². The number of hydrogen-bond acceptors (Lipinski definition) is 2. The molecule has 1 aromatic carbocycles. The van der Waals surface area contributed by atoms with Crippen LogP contribution in [0.3, 0.4) is 0 Å². The summed E-state index contributed by atoms with van der Waals surface area (Å²) in [6, 6.07) is 4.13. The van der Waals surface area contributed by atoms with E-state index in [9.17, 15) is 9.18 Å². The van der Waals surface area contributed by atoms with Crippen molar-refractivity contribution < 1.29 is 9.18 Å². The van der Waals surface area contributed by atoms with E-state index < -0.39 is 0 Å². The van der Waals surface area contributed by atoms with Crippen LogP contribution in [-0.2, 0) is 10.2 Å². The summed E-state index contributed by atoms with van der Waals surface area (Å²) in [5, 5.41) is 3.19. The van der Waals surface area contributed by atoms with Crippen LogP contribution in [0.4, 0.5) is 4.39 Å². The second kappa shape index (κ2) is 7.81. The van der Waals surface area contributed by atoms with Crippen molar-refractivity contribution in [2.45, 2.75) is 38.6 Å². The van der Waals surface area contributed by atoms with Crippen LogP contribution in [0.1, 0.15) is 32.8 Å². The van der Waals surface area contributed by atoms with Gasteiger partial charge in [-0.3, -0.25) is 4.79 Å². The number of nitrogens with one attached hydrogen (secondary N) is 1. The topological polar surface area (TPSA) is 55.1 Å². The SMILES string of the molecule is CC(N)CC(=O)NCC(C)(C)c1ccc(F)cc1Cl.Cl. The first kappa shape index (κ1) is 19.2. The van der Waals surface area contributed by atoms with E-state index in [0.717, 1.165) is 5.56 Å². The summed E-state index contributed by atoms with van der Waals surface area (Å²) < 4.78 is 13.0. The van der Waals surface area contributed by atoms with Gasteiger partial charge >= 0.3 is 0 Å². The van der Waals surface area contributed by atoms with Crippen LogP contribution in [-0.4, -0.2) is 18.5 Å². The molecule has 3 N–H and O–H groups in total. The third kappa shape index (κ3) is 5.65. The van der Waals surface area contributed by atoms with E-state index in [1.807, 2.05) is 13.8 Å². The first-order chi connectivity index (χ1) is 8.72. The molecule has 114 valence electrons. The number of hydrogen-bond donors (Lipinski definition) is 2. The molecular weight excluding hydrogens is 302 g/mol. The highest BCUT2D eigenvalue weighted by Crippen LogP contribution is 2.29. The minimum Gasteiger partial charge on any atom is -0.355 e. The number of carbonyl (C=O) groups excluding carboxylic acids is 1. The fraction of sp³-hybridized carbons (Fsp3) is 0.500. The summed E-state index contributed by atoms with van der Waals surface area (Å²) in [6.45, 7) is 6.09. The van der Waals surface area contributed by atoms with Crippen molar-refractivity contribution in [3.8, 4) is 0 Å². The molecule has 0 aromatic heterocycles. The second-order valence-electron chi connectivity index (χ2n) is 5.47. The lowest BCUT2D eigenvalue weighted by molar-refractivity contribution is -0.121. The van der Waals surface area contributed by atoms with Crippen LogP contribution in [0.15, 0.2) is 18.2 Å². The molecule has 0 spiro atoms. The number of benzene rings is 1. The maximum absolute atomic E-state index is 13.0. The maximum Gasteiger partial charge on any atom is 0.221 e. The zero-order valence-electron chi connectivity index (χ0n) is 11.9. The highest BCUT2D eigenvalue weighted by Gasteiger charge is 2.24. The second-order valence-corrected chi connectivity index (χ2v) is 5.87. The summed E-state index contributed by atoms with van der Waals surface area (Å²) in [5.41, 5.74) is 5.99. The molecule has 0 bridgehead atoms.